The van der Waals surface area contributed by atoms with Gasteiger partial charge in [0.2, 0.25) is 5.89 Å². The van der Waals surface area contributed by atoms with E-state index < -0.39 is 0 Å². The van der Waals surface area contributed by atoms with Gasteiger partial charge in [0, 0.05) is 19.5 Å². The Bertz CT molecular complexity index is 599. The van der Waals surface area contributed by atoms with E-state index in [1.54, 1.807) is 14.2 Å². The minimum absolute atomic E-state index is 0. The summed E-state index contributed by atoms with van der Waals surface area (Å²) in [7, 11) is 3.24. The quantitative estimate of drug-likeness (QED) is 0.908. The van der Waals surface area contributed by atoms with Crippen LogP contribution in [0.3, 0.4) is 0 Å². The second-order valence-corrected chi connectivity index (χ2v) is 4.77. The van der Waals surface area contributed by atoms with E-state index >= 15 is 0 Å². The zero-order valence-electron chi connectivity index (χ0n) is 12.0. The summed E-state index contributed by atoms with van der Waals surface area (Å²) >= 11 is 0. The van der Waals surface area contributed by atoms with Crippen LogP contribution >= 0.6 is 12.4 Å². The molecule has 0 spiro atoms. The van der Waals surface area contributed by atoms with E-state index in [4.69, 9.17) is 14.0 Å². The monoisotopic (exact) mass is 311 g/mol. The highest BCUT2D eigenvalue weighted by Gasteiger charge is 2.25. The summed E-state index contributed by atoms with van der Waals surface area (Å²) in [5.74, 6) is 3.20. The Kier molecular flexibility index (Phi) is 5.03. The lowest BCUT2D eigenvalue weighted by Crippen LogP contribution is -2.40. The molecule has 2 heterocycles. The van der Waals surface area contributed by atoms with Crippen molar-refractivity contribution < 1.29 is 14.0 Å². The van der Waals surface area contributed by atoms with Crippen molar-refractivity contribution in [3.05, 3.63) is 35.5 Å². The van der Waals surface area contributed by atoms with Crippen molar-refractivity contribution in [2.24, 2.45) is 0 Å². The largest absolute Gasteiger partial charge is 0.493 e. The van der Waals surface area contributed by atoms with Crippen LogP contribution in [0.15, 0.2) is 22.7 Å². The summed E-state index contributed by atoms with van der Waals surface area (Å²) in [5, 5.41) is 7.21. The van der Waals surface area contributed by atoms with Crippen LogP contribution in [0.4, 0.5) is 0 Å². The maximum atomic E-state index is 5.29. The normalized spacial score (nSPS) is 14.2. The predicted octanol–water partition coefficient (Wildman–Crippen LogP) is 1.79. The molecule has 1 aliphatic rings. The Morgan fingerprint density at radius 2 is 2.00 bits per heavy atom. The van der Waals surface area contributed by atoms with Crippen LogP contribution < -0.4 is 14.8 Å². The van der Waals surface area contributed by atoms with Gasteiger partial charge < -0.3 is 19.3 Å². The first kappa shape index (κ1) is 15.6. The number of rotatable bonds is 5. The van der Waals surface area contributed by atoms with Crippen LogP contribution in [0, 0.1) is 0 Å². The lowest BCUT2D eigenvalue weighted by atomic mass is 10.0. The molecule has 0 unspecified atom stereocenters. The molecule has 1 aromatic heterocycles. The van der Waals surface area contributed by atoms with Gasteiger partial charge in [0.15, 0.2) is 17.3 Å². The highest BCUT2D eigenvalue weighted by Crippen LogP contribution is 2.28. The van der Waals surface area contributed by atoms with E-state index in [1.807, 2.05) is 18.2 Å². The van der Waals surface area contributed by atoms with Crippen molar-refractivity contribution in [2.45, 2.75) is 12.3 Å². The third-order valence-electron chi connectivity index (χ3n) is 3.42. The van der Waals surface area contributed by atoms with Gasteiger partial charge in [-0.1, -0.05) is 11.2 Å². The topological polar surface area (TPSA) is 69.4 Å². The van der Waals surface area contributed by atoms with Gasteiger partial charge >= 0.3 is 0 Å². The standard InChI is InChI=1S/C14H17N3O3.ClH/c1-18-11-4-3-9(5-12(11)19-2)6-13-16-14(20-17-13)10-7-15-8-10;/h3-5,10,15H,6-8H2,1-2H3;1H. The third kappa shape index (κ3) is 3.28. The van der Waals surface area contributed by atoms with Crippen molar-refractivity contribution in [3.8, 4) is 11.5 Å². The number of aromatic nitrogens is 2. The number of hydrogen-bond donors (Lipinski definition) is 1. The molecule has 114 valence electrons. The average Bonchev–Trinajstić information content (AvgIpc) is 2.84. The highest BCUT2D eigenvalue weighted by atomic mass is 35.5. The van der Waals surface area contributed by atoms with E-state index in [0.717, 1.165) is 24.5 Å². The number of methoxy groups -OCH3 is 2. The van der Waals surface area contributed by atoms with Gasteiger partial charge in [0.25, 0.3) is 0 Å². The molecule has 1 saturated heterocycles. The zero-order valence-corrected chi connectivity index (χ0v) is 12.8. The second kappa shape index (κ2) is 6.78. The molecule has 6 nitrogen and oxygen atoms in total. The van der Waals surface area contributed by atoms with Crippen LogP contribution in [-0.4, -0.2) is 37.4 Å². The summed E-state index contributed by atoms with van der Waals surface area (Å²) < 4.78 is 15.8. The Balaban J connectivity index is 0.00000161. The van der Waals surface area contributed by atoms with Crippen molar-refractivity contribution in [1.29, 1.82) is 0 Å². The Morgan fingerprint density at radius 1 is 1.24 bits per heavy atom. The molecule has 0 saturated carbocycles. The molecular weight excluding hydrogens is 294 g/mol. The molecule has 0 radical (unpaired) electrons. The maximum Gasteiger partial charge on any atom is 0.232 e. The predicted molar refractivity (Wildman–Crippen MR) is 79.5 cm³/mol. The number of halogens is 1. The van der Waals surface area contributed by atoms with Gasteiger partial charge in [0.05, 0.1) is 20.1 Å². The van der Waals surface area contributed by atoms with Crippen LogP contribution in [0.2, 0.25) is 0 Å². The zero-order chi connectivity index (χ0) is 13.9. The molecule has 1 aliphatic heterocycles. The lowest BCUT2D eigenvalue weighted by Gasteiger charge is -2.22. The number of ether oxygens (including phenoxy) is 2. The molecule has 21 heavy (non-hydrogen) atoms. The molecule has 0 atom stereocenters. The number of nitrogens with zero attached hydrogens (tertiary/aromatic N) is 2. The molecule has 0 aliphatic carbocycles. The fourth-order valence-corrected chi connectivity index (χ4v) is 2.14. The van der Waals surface area contributed by atoms with Crippen molar-refractivity contribution >= 4 is 12.4 Å². The number of nitrogens with one attached hydrogen (secondary N) is 1. The molecule has 1 fully saturated rings. The SMILES string of the molecule is COc1ccc(Cc2noc(C3CNC3)n2)cc1OC.Cl. The number of hydrogen-bond acceptors (Lipinski definition) is 6. The average molecular weight is 312 g/mol. The van der Waals surface area contributed by atoms with E-state index in [2.05, 4.69) is 15.5 Å². The smallest absolute Gasteiger partial charge is 0.232 e. The summed E-state index contributed by atoms with van der Waals surface area (Å²) in [5.41, 5.74) is 1.06. The first-order valence-electron chi connectivity index (χ1n) is 6.54. The fourth-order valence-electron chi connectivity index (χ4n) is 2.14. The third-order valence-corrected chi connectivity index (χ3v) is 3.42. The van der Waals surface area contributed by atoms with Gasteiger partial charge in [-0.3, -0.25) is 0 Å². The molecule has 1 N–H and O–H groups in total. The minimum Gasteiger partial charge on any atom is -0.493 e. The summed E-state index contributed by atoms with van der Waals surface area (Å²) in [6.07, 6.45) is 0.615. The molecule has 0 amide bonds. The highest BCUT2D eigenvalue weighted by molar-refractivity contribution is 5.85. The first-order chi connectivity index (χ1) is 9.80. The van der Waals surface area contributed by atoms with Gasteiger partial charge in [-0.2, -0.15) is 4.98 Å². The molecule has 0 bridgehead atoms. The minimum atomic E-state index is 0. The molecule has 2 aromatic rings. The van der Waals surface area contributed by atoms with E-state index in [-0.39, 0.29) is 12.4 Å². The lowest BCUT2D eigenvalue weighted by molar-refractivity contribution is 0.306. The fraction of sp³-hybridized carbons (Fsp3) is 0.429. The maximum absolute atomic E-state index is 5.29. The molecular formula is C14H18ClN3O3. The van der Waals surface area contributed by atoms with E-state index in [1.165, 1.54) is 0 Å². The van der Waals surface area contributed by atoms with E-state index in [9.17, 15) is 0 Å². The molecule has 7 heteroatoms. The second-order valence-electron chi connectivity index (χ2n) is 4.77. The van der Waals surface area contributed by atoms with Crippen LogP contribution in [0.25, 0.3) is 0 Å². The Labute approximate surface area is 129 Å². The molecule has 1 aromatic carbocycles. The summed E-state index contributed by atoms with van der Waals surface area (Å²) in [6, 6.07) is 5.78. The van der Waals surface area contributed by atoms with Crippen LogP contribution in [0.1, 0.15) is 23.2 Å². The van der Waals surface area contributed by atoms with Gasteiger partial charge in [0.1, 0.15) is 0 Å². The van der Waals surface area contributed by atoms with Gasteiger partial charge in [-0.05, 0) is 17.7 Å². The van der Waals surface area contributed by atoms with Crippen molar-refractivity contribution in [2.75, 3.05) is 27.3 Å². The van der Waals surface area contributed by atoms with E-state index in [0.29, 0.717) is 29.7 Å². The van der Waals surface area contributed by atoms with Crippen LogP contribution in [0.5, 0.6) is 11.5 Å². The van der Waals surface area contributed by atoms with Gasteiger partial charge in [-0.15, -0.1) is 12.4 Å². The molecule has 3 rings (SSSR count). The van der Waals surface area contributed by atoms with Crippen LogP contribution in [-0.2, 0) is 6.42 Å². The Morgan fingerprint density at radius 3 is 2.62 bits per heavy atom. The van der Waals surface area contributed by atoms with Crippen molar-refractivity contribution in [1.82, 2.24) is 15.5 Å². The summed E-state index contributed by atoms with van der Waals surface area (Å²) in [4.78, 5) is 4.44. The first-order valence-corrected chi connectivity index (χ1v) is 6.54. The van der Waals surface area contributed by atoms with Crippen molar-refractivity contribution in [3.63, 3.8) is 0 Å². The Hall–Kier alpha value is -1.79. The number of benzene rings is 1. The van der Waals surface area contributed by atoms with Gasteiger partial charge in [-0.25, -0.2) is 0 Å². The summed E-state index contributed by atoms with van der Waals surface area (Å²) in [6.45, 7) is 1.83.